The summed E-state index contributed by atoms with van der Waals surface area (Å²) in [6, 6.07) is 0.406. The highest BCUT2D eigenvalue weighted by Gasteiger charge is 2.58. The smallest absolute Gasteiger partial charge is 0.233 e. The molecule has 4 rings (SSSR count). The van der Waals surface area contributed by atoms with Crippen LogP contribution in [0, 0.1) is 29.6 Å². The largest absolute Gasteiger partial charge is 0.357 e. The minimum atomic E-state index is -0.116. The predicted molar refractivity (Wildman–Crippen MR) is 142 cm³/mol. The van der Waals surface area contributed by atoms with Crippen LogP contribution in [0.15, 0.2) is 17.1 Å². The van der Waals surface area contributed by atoms with Crippen molar-refractivity contribution < 1.29 is 9.59 Å². The van der Waals surface area contributed by atoms with Crippen molar-refractivity contribution in [3.8, 4) is 0 Å². The third-order valence-electron chi connectivity index (χ3n) is 7.75. The SMILES string of the molecule is CCNC(=NCC(C(C)C)N1CCN(C)CC1)NCCN1C(=O)C2C3C=CC(C3)C2C1=O.I. The Labute approximate surface area is 215 Å². The fourth-order valence-corrected chi connectivity index (χ4v) is 5.90. The first-order chi connectivity index (χ1) is 15.4. The molecule has 2 amide bonds. The number of carbonyl (C=O) groups is 2. The molecule has 0 aromatic heterocycles. The lowest BCUT2D eigenvalue weighted by atomic mass is 9.85. The highest BCUT2D eigenvalue weighted by atomic mass is 127. The lowest BCUT2D eigenvalue weighted by Gasteiger charge is -2.39. The standard InChI is InChI=1S/C24H40N6O2.HI/c1-5-25-24(27-15-19(16(2)3)29-12-10-28(4)11-13-29)26-8-9-30-22(31)20-17-6-7-18(14-17)21(20)23(30)32;/h6-7,16-21H,5,8-15H2,1-4H3,(H2,25,26,27);1H. The Bertz CT molecular complexity index is 734. The molecule has 2 N–H and O–H groups in total. The molecule has 0 aromatic rings. The van der Waals surface area contributed by atoms with Gasteiger partial charge in [-0.3, -0.25) is 24.4 Å². The van der Waals surface area contributed by atoms with Crippen LogP contribution in [0.4, 0.5) is 0 Å². The molecule has 4 aliphatic rings. The second-order valence-electron chi connectivity index (χ2n) is 10.1. The molecule has 186 valence electrons. The zero-order valence-electron chi connectivity index (χ0n) is 20.5. The van der Waals surface area contributed by atoms with Crippen molar-refractivity contribution in [2.45, 2.75) is 33.2 Å². The maximum absolute atomic E-state index is 12.9. The molecule has 5 atom stereocenters. The number of guanidine groups is 1. The van der Waals surface area contributed by atoms with Crippen LogP contribution < -0.4 is 10.6 Å². The third kappa shape index (κ3) is 5.56. The highest BCUT2D eigenvalue weighted by molar-refractivity contribution is 14.0. The van der Waals surface area contributed by atoms with Crippen molar-refractivity contribution in [3.63, 3.8) is 0 Å². The summed E-state index contributed by atoms with van der Waals surface area (Å²) in [6.45, 7) is 13.4. The number of nitrogens with zero attached hydrogens (tertiary/aromatic N) is 4. The highest BCUT2D eigenvalue weighted by Crippen LogP contribution is 2.52. The molecule has 0 spiro atoms. The fourth-order valence-electron chi connectivity index (χ4n) is 5.90. The first kappa shape index (κ1) is 26.4. The molecule has 2 bridgehead atoms. The topological polar surface area (TPSA) is 80.3 Å². The molecule has 2 heterocycles. The van der Waals surface area contributed by atoms with Crippen LogP contribution in [0.1, 0.15) is 27.2 Å². The van der Waals surface area contributed by atoms with Crippen molar-refractivity contribution in [1.82, 2.24) is 25.3 Å². The van der Waals surface area contributed by atoms with Crippen LogP contribution in [-0.4, -0.2) is 97.9 Å². The second kappa shape index (κ2) is 11.5. The van der Waals surface area contributed by atoms with Gasteiger partial charge in [0, 0.05) is 51.9 Å². The molecule has 3 fully saturated rings. The average Bonchev–Trinajstić information content (AvgIpc) is 3.44. The van der Waals surface area contributed by atoms with E-state index < -0.39 is 0 Å². The van der Waals surface area contributed by atoms with Crippen molar-refractivity contribution in [2.24, 2.45) is 34.6 Å². The van der Waals surface area contributed by atoms with Gasteiger partial charge in [-0.15, -0.1) is 24.0 Å². The van der Waals surface area contributed by atoms with E-state index in [9.17, 15) is 9.59 Å². The molecule has 33 heavy (non-hydrogen) atoms. The molecule has 0 aromatic carbocycles. The number of imide groups is 1. The fraction of sp³-hybridized carbons (Fsp3) is 0.792. The summed E-state index contributed by atoms with van der Waals surface area (Å²) < 4.78 is 0. The van der Waals surface area contributed by atoms with Gasteiger partial charge in [-0.05, 0) is 38.1 Å². The van der Waals surface area contributed by atoms with Gasteiger partial charge in [0.1, 0.15) is 0 Å². The molecule has 9 heteroatoms. The Kier molecular flexibility index (Phi) is 9.19. The molecule has 0 radical (unpaired) electrons. The molecule has 2 aliphatic carbocycles. The Morgan fingerprint density at radius 3 is 2.21 bits per heavy atom. The van der Waals surface area contributed by atoms with Gasteiger partial charge >= 0.3 is 0 Å². The predicted octanol–water partition coefficient (Wildman–Crippen LogP) is 1.24. The summed E-state index contributed by atoms with van der Waals surface area (Å²) in [6.07, 6.45) is 5.25. The zero-order chi connectivity index (χ0) is 22.8. The van der Waals surface area contributed by atoms with Crippen LogP contribution in [-0.2, 0) is 9.59 Å². The number of likely N-dealkylation sites (tertiary alicyclic amines) is 1. The van der Waals surface area contributed by atoms with E-state index >= 15 is 0 Å². The minimum Gasteiger partial charge on any atom is -0.357 e. The first-order valence-electron chi connectivity index (χ1n) is 12.4. The number of nitrogens with one attached hydrogen (secondary N) is 2. The minimum absolute atomic E-state index is 0. The summed E-state index contributed by atoms with van der Waals surface area (Å²) in [5.74, 6) is 1.62. The first-order valence-corrected chi connectivity index (χ1v) is 12.4. The number of carbonyl (C=O) groups excluding carboxylic acids is 2. The Hall–Kier alpha value is -1.20. The number of rotatable bonds is 8. The number of fused-ring (bicyclic) bond motifs is 5. The number of allylic oxidation sites excluding steroid dienone is 2. The summed E-state index contributed by atoms with van der Waals surface area (Å²) >= 11 is 0. The van der Waals surface area contributed by atoms with Crippen molar-refractivity contribution >= 4 is 41.8 Å². The van der Waals surface area contributed by atoms with Gasteiger partial charge in [0.05, 0.1) is 18.4 Å². The second-order valence-corrected chi connectivity index (χ2v) is 10.1. The number of hydrogen-bond acceptors (Lipinski definition) is 5. The number of hydrogen-bond donors (Lipinski definition) is 2. The van der Waals surface area contributed by atoms with Gasteiger partial charge in [-0.1, -0.05) is 26.0 Å². The number of likely N-dealkylation sites (N-methyl/N-ethyl adjacent to an activating group) is 1. The Morgan fingerprint density at radius 1 is 1.06 bits per heavy atom. The molecule has 8 nitrogen and oxygen atoms in total. The van der Waals surface area contributed by atoms with Gasteiger partial charge in [-0.2, -0.15) is 0 Å². The number of amides is 2. The monoisotopic (exact) mass is 572 g/mol. The van der Waals surface area contributed by atoms with Crippen LogP contribution in [0.2, 0.25) is 0 Å². The van der Waals surface area contributed by atoms with Gasteiger partial charge in [0.2, 0.25) is 11.8 Å². The summed E-state index contributed by atoms with van der Waals surface area (Å²) in [7, 11) is 2.18. The molecule has 5 unspecified atom stereocenters. The summed E-state index contributed by atoms with van der Waals surface area (Å²) in [5.41, 5.74) is 0. The summed E-state index contributed by atoms with van der Waals surface area (Å²) in [4.78, 5) is 37.0. The maximum Gasteiger partial charge on any atom is 0.233 e. The zero-order valence-corrected chi connectivity index (χ0v) is 22.8. The molecule has 1 saturated carbocycles. The Balaban J connectivity index is 0.00000306. The molecular formula is C24H41IN6O2. The van der Waals surface area contributed by atoms with Crippen molar-refractivity contribution in [2.75, 3.05) is 59.4 Å². The van der Waals surface area contributed by atoms with E-state index in [1.54, 1.807) is 0 Å². The quantitative estimate of drug-likeness (QED) is 0.150. The van der Waals surface area contributed by atoms with E-state index in [-0.39, 0.29) is 59.5 Å². The average molecular weight is 573 g/mol. The number of halogens is 1. The van der Waals surface area contributed by atoms with Crippen LogP contribution in [0.5, 0.6) is 0 Å². The number of aliphatic imine (C=N–C) groups is 1. The van der Waals surface area contributed by atoms with Gasteiger partial charge in [0.15, 0.2) is 5.96 Å². The molecule has 2 saturated heterocycles. The van der Waals surface area contributed by atoms with Crippen molar-refractivity contribution in [3.05, 3.63) is 12.2 Å². The maximum atomic E-state index is 12.9. The lowest BCUT2D eigenvalue weighted by molar-refractivity contribution is -0.140. The molecule has 2 aliphatic heterocycles. The van der Waals surface area contributed by atoms with E-state index in [0.29, 0.717) is 25.0 Å². The third-order valence-corrected chi connectivity index (χ3v) is 7.75. The van der Waals surface area contributed by atoms with Crippen molar-refractivity contribution in [1.29, 1.82) is 0 Å². The lowest BCUT2D eigenvalue weighted by Crippen LogP contribution is -2.52. The van der Waals surface area contributed by atoms with E-state index in [0.717, 1.165) is 51.6 Å². The van der Waals surface area contributed by atoms with E-state index in [1.165, 1.54) is 4.90 Å². The molecular weight excluding hydrogens is 531 g/mol. The van der Waals surface area contributed by atoms with E-state index in [1.807, 2.05) is 0 Å². The number of piperazine rings is 1. The van der Waals surface area contributed by atoms with Crippen LogP contribution in [0.3, 0.4) is 0 Å². The van der Waals surface area contributed by atoms with Gasteiger partial charge in [-0.25, -0.2) is 0 Å². The normalized spacial score (nSPS) is 30.7. The van der Waals surface area contributed by atoms with Crippen LogP contribution >= 0.6 is 24.0 Å². The summed E-state index contributed by atoms with van der Waals surface area (Å²) in [5, 5.41) is 6.66. The van der Waals surface area contributed by atoms with Gasteiger partial charge in [0.25, 0.3) is 0 Å². The van der Waals surface area contributed by atoms with Gasteiger partial charge < -0.3 is 15.5 Å². The van der Waals surface area contributed by atoms with E-state index in [2.05, 4.69) is 60.4 Å². The van der Waals surface area contributed by atoms with Crippen LogP contribution in [0.25, 0.3) is 0 Å². The Morgan fingerprint density at radius 2 is 1.67 bits per heavy atom. The van der Waals surface area contributed by atoms with E-state index in [4.69, 9.17) is 4.99 Å².